The van der Waals surface area contributed by atoms with Gasteiger partial charge in [-0.25, -0.2) is 4.98 Å². The van der Waals surface area contributed by atoms with Crippen LogP contribution in [0.25, 0.3) is 0 Å². The Hall–Kier alpha value is -1.41. The molecule has 0 saturated heterocycles. The van der Waals surface area contributed by atoms with Gasteiger partial charge in [0.2, 0.25) is 0 Å². The number of thiazole rings is 1. The Balaban J connectivity index is 2.45. The van der Waals surface area contributed by atoms with Gasteiger partial charge < -0.3 is 5.32 Å². The van der Waals surface area contributed by atoms with E-state index in [0.29, 0.717) is 17.8 Å². The molecule has 0 aromatic carbocycles. The molecule has 1 aromatic heterocycles. The van der Waals surface area contributed by atoms with Gasteiger partial charge in [0.25, 0.3) is 5.91 Å². The molecule has 68 valence electrons. The molecule has 1 rings (SSSR count). The average molecular weight is 195 g/mol. The molecule has 0 spiro atoms. The van der Waals surface area contributed by atoms with Gasteiger partial charge in [-0.2, -0.15) is 5.26 Å². The van der Waals surface area contributed by atoms with Crippen LogP contribution in [0.1, 0.15) is 21.1 Å². The predicted octanol–water partition coefficient (Wildman–Crippen LogP) is 1.09. The van der Waals surface area contributed by atoms with E-state index in [1.165, 1.54) is 11.3 Å². The van der Waals surface area contributed by atoms with Crippen LogP contribution in [-0.4, -0.2) is 17.4 Å². The van der Waals surface area contributed by atoms with Crippen molar-refractivity contribution in [3.63, 3.8) is 0 Å². The second-order valence-electron chi connectivity index (χ2n) is 2.41. The first-order chi connectivity index (χ1) is 6.24. The molecule has 5 heteroatoms. The Bertz CT molecular complexity index is 339. The van der Waals surface area contributed by atoms with Crippen molar-refractivity contribution in [3.05, 3.63) is 16.1 Å². The first kappa shape index (κ1) is 9.68. The van der Waals surface area contributed by atoms with E-state index in [0.717, 1.165) is 5.01 Å². The summed E-state index contributed by atoms with van der Waals surface area (Å²) in [5.74, 6) is -0.152. The van der Waals surface area contributed by atoms with Crippen LogP contribution in [0.5, 0.6) is 0 Å². The molecule has 1 aromatic rings. The molecule has 0 radical (unpaired) electrons. The number of carbonyl (C=O) groups excluding carboxylic acids is 1. The Morgan fingerprint density at radius 3 is 3.15 bits per heavy atom. The molecule has 0 atom stereocenters. The van der Waals surface area contributed by atoms with Crippen LogP contribution in [0.15, 0.2) is 6.20 Å². The summed E-state index contributed by atoms with van der Waals surface area (Å²) in [4.78, 5) is 15.8. The Labute approximate surface area is 80.2 Å². The van der Waals surface area contributed by atoms with Crippen LogP contribution in [0.2, 0.25) is 0 Å². The summed E-state index contributed by atoms with van der Waals surface area (Å²) >= 11 is 1.35. The van der Waals surface area contributed by atoms with Gasteiger partial charge in [-0.1, -0.05) is 0 Å². The van der Waals surface area contributed by atoms with Gasteiger partial charge in [0.15, 0.2) is 0 Å². The Morgan fingerprint density at radius 1 is 1.85 bits per heavy atom. The van der Waals surface area contributed by atoms with Gasteiger partial charge in [-0.05, 0) is 6.92 Å². The minimum atomic E-state index is -0.152. The van der Waals surface area contributed by atoms with Gasteiger partial charge in [0.05, 0.1) is 23.7 Å². The third-order valence-corrected chi connectivity index (χ3v) is 2.28. The highest BCUT2D eigenvalue weighted by Crippen LogP contribution is 2.10. The van der Waals surface area contributed by atoms with Crippen LogP contribution in [-0.2, 0) is 0 Å². The Morgan fingerprint density at radius 2 is 2.62 bits per heavy atom. The number of hydrogen-bond donors (Lipinski definition) is 1. The van der Waals surface area contributed by atoms with Gasteiger partial charge in [0.1, 0.15) is 4.88 Å². The second kappa shape index (κ2) is 4.58. The minimum absolute atomic E-state index is 0.152. The van der Waals surface area contributed by atoms with Gasteiger partial charge in [0, 0.05) is 6.54 Å². The van der Waals surface area contributed by atoms with Crippen molar-refractivity contribution in [2.75, 3.05) is 6.54 Å². The molecule has 0 aliphatic rings. The molecular weight excluding hydrogens is 186 g/mol. The summed E-state index contributed by atoms with van der Waals surface area (Å²) in [5, 5.41) is 11.7. The van der Waals surface area contributed by atoms with Gasteiger partial charge in [-0.15, -0.1) is 11.3 Å². The molecule has 0 bridgehead atoms. The van der Waals surface area contributed by atoms with Crippen molar-refractivity contribution < 1.29 is 4.79 Å². The number of nitriles is 1. The zero-order chi connectivity index (χ0) is 9.68. The fraction of sp³-hybridized carbons (Fsp3) is 0.375. The van der Waals surface area contributed by atoms with Crippen molar-refractivity contribution in [1.82, 2.24) is 10.3 Å². The molecule has 4 nitrogen and oxygen atoms in total. The van der Waals surface area contributed by atoms with Crippen LogP contribution < -0.4 is 5.32 Å². The van der Waals surface area contributed by atoms with E-state index in [-0.39, 0.29) is 5.91 Å². The maximum Gasteiger partial charge on any atom is 0.263 e. The van der Waals surface area contributed by atoms with Gasteiger partial charge in [-0.3, -0.25) is 4.79 Å². The topological polar surface area (TPSA) is 65.8 Å². The number of aromatic nitrogens is 1. The van der Waals surface area contributed by atoms with Crippen molar-refractivity contribution >= 4 is 17.2 Å². The van der Waals surface area contributed by atoms with Crippen molar-refractivity contribution in [2.24, 2.45) is 0 Å². The van der Waals surface area contributed by atoms with E-state index >= 15 is 0 Å². The third kappa shape index (κ3) is 2.84. The average Bonchev–Trinajstić information content (AvgIpc) is 2.52. The van der Waals surface area contributed by atoms with Gasteiger partial charge >= 0.3 is 0 Å². The lowest BCUT2D eigenvalue weighted by Crippen LogP contribution is -2.23. The molecular formula is C8H9N3OS. The van der Waals surface area contributed by atoms with E-state index in [4.69, 9.17) is 5.26 Å². The molecule has 1 heterocycles. The van der Waals surface area contributed by atoms with E-state index in [1.807, 2.05) is 13.0 Å². The largest absolute Gasteiger partial charge is 0.350 e. The summed E-state index contributed by atoms with van der Waals surface area (Å²) in [5.41, 5.74) is 0. The number of aryl methyl sites for hydroxylation is 1. The highest BCUT2D eigenvalue weighted by molar-refractivity contribution is 7.13. The first-order valence-electron chi connectivity index (χ1n) is 3.81. The summed E-state index contributed by atoms with van der Waals surface area (Å²) in [7, 11) is 0. The summed E-state index contributed by atoms with van der Waals surface area (Å²) < 4.78 is 0. The fourth-order valence-corrected chi connectivity index (χ4v) is 1.48. The normalized spacial score (nSPS) is 9.23. The van der Waals surface area contributed by atoms with Crippen LogP contribution >= 0.6 is 11.3 Å². The second-order valence-corrected chi connectivity index (χ2v) is 3.64. The molecule has 1 N–H and O–H groups in total. The van der Waals surface area contributed by atoms with E-state index in [9.17, 15) is 4.79 Å². The highest BCUT2D eigenvalue weighted by Gasteiger charge is 2.07. The molecule has 0 aliphatic heterocycles. The zero-order valence-electron chi connectivity index (χ0n) is 7.20. The van der Waals surface area contributed by atoms with Crippen LogP contribution in [0, 0.1) is 18.3 Å². The summed E-state index contributed by atoms with van der Waals surface area (Å²) in [6.07, 6.45) is 1.88. The quantitative estimate of drug-likeness (QED) is 0.734. The van der Waals surface area contributed by atoms with Crippen molar-refractivity contribution in [3.8, 4) is 6.07 Å². The zero-order valence-corrected chi connectivity index (χ0v) is 8.02. The van der Waals surface area contributed by atoms with E-state index < -0.39 is 0 Å². The van der Waals surface area contributed by atoms with E-state index in [2.05, 4.69) is 10.3 Å². The van der Waals surface area contributed by atoms with Crippen molar-refractivity contribution in [1.29, 1.82) is 5.26 Å². The summed E-state index contributed by atoms with van der Waals surface area (Å²) in [6.45, 7) is 2.24. The molecule has 0 fully saturated rings. The van der Waals surface area contributed by atoms with Crippen LogP contribution in [0.4, 0.5) is 0 Å². The molecule has 1 amide bonds. The number of carbonyl (C=O) groups is 1. The predicted molar refractivity (Wildman–Crippen MR) is 49.4 cm³/mol. The number of amides is 1. The number of nitrogens with one attached hydrogen (secondary N) is 1. The van der Waals surface area contributed by atoms with E-state index in [1.54, 1.807) is 6.20 Å². The number of nitrogens with zero attached hydrogens (tertiary/aromatic N) is 2. The number of rotatable bonds is 3. The lowest BCUT2D eigenvalue weighted by Gasteiger charge is -1.97. The minimum Gasteiger partial charge on any atom is -0.350 e. The highest BCUT2D eigenvalue weighted by atomic mass is 32.1. The first-order valence-corrected chi connectivity index (χ1v) is 4.63. The monoisotopic (exact) mass is 195 g/mol. The van der Waals surface area contributed by atoms with Crippen molar-refractivity contribution in [2.45, 2.75) is 13.3 Å². The maximum atomic E-state index is 11.3. The fourth-order valence-electron chi connectivity index (χ4n) is 0.785. The molecule has 0 saturated carbocycles. The Kier molecular flexibility index (Phi) is 3.41. The standard InChI is InChI=1S/C8H9N3OS/c1-6-11-5-7(13-6)8(12)10-4-2-3-9/h5H,2,4H2,1H3,(H,10,12). The SMILES string of the molecule is Cc1ncc(C(=O)NCCC#N)s1. The van der Waals surface area contributed by atoms with Crippen LogP contribution in [0.3, 0.4) is 0 Å². The maximum absolute atomic E-state index is 11.3. The third-order valence-electron chi connectivity index (χ3n) is 1.37. The smallest absolute Gasteiger partial charge is 0.263 e. The molecule has 0 aliphatic carbocycles. The number of hydrogen-bond acceptors (Lipinski definition) is 4. The lowest BCUT2D eigenvalue weighted by atomic mass is 10.4. The summed E-state index contributed by atoms with van der Waals surface area (Å²) in [6, 6.07) is 1.95. The lowest BCUT2D eigenvalue weighted by molar-refractivity contribution is 0.0958. The molecule has 13 heavy (non-hydrogen) atoms. The molecule has 0 unspecified atom stereocenters.